The smallest absolute Gasteiger partial charge is 0.237 e. The van der Waals surface area contributed by atoms with Gasteiger partial charge in [-0.3, -0.25) is 4.79 Å². The average Bonchev–Trinajstić information content (AvgIpc) is 2.90. The molecule has 0 bridgehead atoms. The SMILES string of the molecule is O=C1CC(S(=O)(=O)Cl)CN1c1cccc(N2CCOCC2)c1. The van der Waals surface area contributed by atoms with Crippen molar-refractivity contribution in [2.45, 2.75) is 11.7 Å². The van der Waals surface area contributed by atoms with Crippen LogP contribution in [0.2, 0.25) is 0 Å². The van der Waals surface area contributed by atoms with E-state index in [9.17, 15) is 13.2 Å². The van der Waals surface area contributed by atoms with E-state index in [2.05, 4.69) is 4.90 Å². The van der Waals surface area contributed by atoms with E-state index in [1.807, 2.05) is 24.3 Å². The van der Waals surface area contributed by atoms with E-state index in [1.165, 1.54) is 4.90 Å². The number of carbonyl (C=O) groups is 1. The Bertz CT molecular complexity index is 673. The van der Waals surface area contributed by atoms with Gasteiger partial charge in [0.1, 0.15) is 5.25 Å². The maximum Gasteiger partial charge on any atom is 0.237 e. The lowest BCUT2D eigenvalue weighted by molar-refractivity contribution is -0.117. The molecular formula is C14H17ClN2O4S. The number of anilines is 2. The van der Waals surface area contributed by atoms with Crippen molar-refractivity contribution in [1.82, 2.24) is 0 Å². The first kappa shape index (κ1) is 15.6. The van der Waals surface area contributed by atoms with Gasteiger partial charge >= 0.3 is 0 Å². The van der Waals surface area contributed by atoms with Crippen molar-refractivity contribution in [3.8, 4) is 0 Å². The van der Waals surface area contributed by atoms with Crippen LogP contribution in [0.25, 0.3) is 0 Å². The molecule has 0 saturated carbocycles. The molecule has 2 aliphatic rings. The van der Waals surface area contributed by atoms with Crippen LogP contribution in [-0.2, 0) is 18.6 Å². The van der Waals surface area contributed by atoms with E-state index < -0.39 is 14.3 Å². The molecule has 0 radical (unpaired) electrons. The lowest BCUT2D eigenvalue weighted by Gasteiger charge is -2.29. The summed E-state index contributed by atoms with van der Waals surface area (Å²) in [5.41, 5.74) is 1.71. The molecular weight excluding hydrogens is 328 g/mol. The van der Waals surface area contributed by atoms with Crippen LogP contribution in [0.3, 0.4) is 0 Å². The maximum atomic E-state index is 12.1. The van der Waals surface area contributed by atoms with Gasteiger partial charge in [-0.05, 0) is 18.2 Å². The lowest BCUT2D eigenvalue weighted by Crippen LogP contribution is -2.36. The Kier molecular flexibility index (Phi) is 4.29. The molecule has 0 spiro atoms. The molecule has 2 aliphatic heterocycles. The van der Waals surface area contributed by atoms with Crippen LogP contribution in [0.1, 0.15) is 6.42 Å². The van der Waals surface area contributed by atoms with Crippen LogP contribution in [-0.4, -0.2) is 52.4 Å². The van der Waals surface area contributed by atoms with Gasteiger partial charge in [-0.1, -0.05) is 6.07 Å². The minimum Gasteiger partial charge on any atom is -0.378 e. The molecule has 0 aliphatic carbocycles. The highest BCUT2D eigenvalue weighted by atomic mass is 35.7. The zero-order chi connectivity index (χ0) is 15.7. The third kappa shape index (κ3) is 3.21. The van der Waals surface area contributed by atoms with Gasteiger partial charge < -0.3 is 14.5 Å². The molecule has 1 atom stereocenters. The van der Waals surface area contributed by atoms with E-state index in [1.54, 1.807) is 0 Å². The number of halogens is 1. The Hall–Kier alpha value is -1.31. The maximum absolute atomic E-state index is 12.1. The third-order valence-corrected chi connectivity index (χ3v) is 5.87. The molecule has 120 valence electrons. The molecule has 2 saturated heterocycles. The van der Waals surface area contributed by atoms with Gasteiger partial charge in [-0.2, -0.15) is 0 Å². The number of rotatable bonds is 3. The van der Waals surface area contributed by atoms with Gasteiger partial charge in [0, 0.05) is 48.1 Å². The number of ether oxygens (including phenoxy) is 1. The number of hydrogen-bond acceptors (Lipinski definition) is 5. The molecule has 1 aromatic rings. The first-order valence-electron chi connectivity index (χ1n) is 7.12. The van der Waals surface area contributed by atoms with Crippen LogP contribution in [0, 0.1) is 0 Å². The van der Waals surface area contributed by atoms with Crippen LogP contribution < -0.4 is 9.80 Å². The van der Waals surface area contributed by atoms with Crippen molar-refractivity contribution in [2.75, 3.05) is 42.6 Å². The predicted octanol–water partition coefficient (Wildman–Crippen LogP) is 1.20. The molecule has 2 fully saturated rings. The molecule has 8 heteroatoms. The lowest BCUT2D eigenvalue weighted by atomic mass is 10.2. The number of benzene rings is 1. The quantitative estimate of drug-likeness (QED) is 0.771. The monoisotopic (exact) mass is 344 g/mol. The number of hydrogen-bond donors (Lipinski definition) is 0. The van der Waals surface area contributed by atoms with Crippen LogP contribution >= 0.6 is 10.7 Å². The van der Waals surface area contributed by atoms with Crippen LogP contribution in [0.4, 0.5) is 11.4 Å². The number of morpholine rings is 1. The molecule has 22 heavy (non-hydrogen) atoms. The summed E-state index contributed by atoms with van der Waals surface area (Å²) in [4.78, 5) is 15.8. The van der Waals surface area contributed by atoms with Crippen LogP contribution in [0.5, 0.6) is 0 Å². The Labute approximate surface area is 134 Å². The van der Waals surface area contributed by atoms with Gasteiger partial charge in [-0.15, -0.1) is 0 Å². The fraction of sp³-hybridized carbons (Fsp3) is 0.500. The molecule has 6 nitrogen and oxygen atoms in total. The molecule has 0 aromatic heterocycles. The summed E-state index contributed by atoms with van der Waals surface area (Å²) < 4.78 is 28.2. The van der Waals surface area contributed by atoms with Crippen molar-refractivity contribution in [3.05, 3.63) is 24.3 Å². The zero-order valence-corrected chi connectivity index (χ0v) is 13.5. The minimum absolute atomic E-state index is 0.0619. The van der Waals surface area contributed by atoms with Gasteiger partial charge in [0.25, 0.3) is 0 Å². The Morgan fingerprint density at radius 1 is 1.18 bits per heavy atom. The molecule has 2 heterocycles. The van der Waals surface area contributed by atoms with E-state index in [0.717, 1.165) is 18.8 Å². The molecule has 0 N–H and O–H groups in total. The summed E-state index contributed by atoms with van der Waals surface area (Å²) in [5, 5.41) is -0.839. The Morgan fingerprint density at radius 3 is 2.50 bits per heavy atom. The van der Waals surface area contributed by atoms with Crippen molar-refractivity contribution < 1.29 is 17.9 Å². The van der Waals surface area contributed by atoms with Crippen molar-refractivity contribution in [1.29, 1.82) is 0 Å². The second kappa shape index (κ2) is 6.06. The van der Waals surface area contributed by atoms with Gasteiger partial charge in [0.15, 0.2) is 0 Å². The predicted molar refractivity (Wildman–Crippen MR) is 85.0 cm³/mol. The summed E-state index contributed by atoms with van der Waals surface area (Å²) in [6.45, 7) is 3.07. The molecule has 1 unspecified atom stereocenters. The topological polar surface area (TPSA) is 66.9 Å². The fourth-order valence-corrected chi connectivity index (χ4v) is 3.82. The summed E-state index contributed by atoms with van der Waals surface area (Å²) in [6, 6.07) is 7.57. The van der Waals surface area contributed by atoms with Gasteiger partial charge in [0.2, 0.25) is 15.0 Å². The number of nitrogens with zero attached hydrogens (tertiary/aromatic N) is 2. The van der Waals surface area contributed by atoms with Gasteiger partial charge in [-0.25, -0.2) is 8.42 Å². The van der Waals surface area contributed by atoms with Gasteiger partial charge in [0.05, 0.1) is 13.2 Å². The zero-order valence-electron chi connectivity index (χ0n) is 11.9. The van der Waals surface area contributed by atoms with E-state index >= 15 is 0 Å². The third-order valence-electron chi connectivity index (χ3n) is 4.01. The average molecular weight is 345 g/mol. The highest BCUT2D eigenvalue weighted by Crippen LogP contribution is 2.29. The number of carbonyl (C=O) groups excluding carboxylic acids is 1. The highest BCUT2D eigenvalue weighted by molar-refractivity contribution is 8.14. The first-order chi connectivity index (χ1) is 10.4. The number of amides is 1. The van der Waals surface area contributed by atoms with Crippen molar-refractivity contribution in [3.63, 3.8) is 0 Å². The van der Waals surface area contributed by atoms with Crippen molar-refractivity contribution >= 4 is 37.0 Å². The normalized spacial score (nSPS) is 23.1. The van der Waals surface area contributed by atoms with E-state index in [-0.39, 0.29) is 18.9 Å². The first-order valence-corrected chi connectivity index (χ1v) is 9.49. The molecule has 1 aromatic carbocycles. The molecule has 1 amide bonds. The second-order valence-electron chi connectivity index (χ2n) is 5.43. The Balaban J connectivity index is 1.81. The second-order valence-corrected chi connectivity index (χ2v) is 8.33. The van der Waals surface area contributed by atoms with E-state index in [4.69, 9.17) is 15.4 Å². The highest BCUT2D eigenvalue weighted by Gasteiger charge is 2.38. The largest absolute Gasteiger partial charge is 0.378 e. The standard InChI is InChI=1S/C14H17ClN2O4S/c15-22(19,20)13-9-14(18)17(10-13)12-3-1-2-11(8-12)16-4-6-21-7-5-16/h1-3,8,13H,4-7,9-10H2. The minimum atomic E-state index is -3.72. The summed E-state index contributed by atoms with van der Waals surface area (Å²) >= 11 is 0. The summed E-state index contributed by atoms with van der Waals surface area (Å²) in [6.07, 6.45) is -0.0619. The summed E-state index contributed by atoms with van der Waals surface area (Å²) in [7, 11) is 1.66. The van der Waals surface area contributed by atoms with Crippen molar-refractivity contribution in [2.24, 2.45) is 0 Å². The van der Waals surface area contributed by atoms with Crippen LogP contribution in [0.15, 0.2) is 24.3 Å². The van der Waals surface area contributed by atoms with E-state index in [0.29, 0.717) is 18.9 Å². The molecule has 3 rings (SSSR count). The fourth-order valence-electron chi connectivity index (χ4n) is 2.79. The Morgan fingerprint density at radius 2 is 1.86 bits per heavy atom. The summed E-state index contributed by atoms with van der Waals surface area (Å²) in [5.74, 6) is -0.214.